The molecule has 0 aliphatic carbocycles. The van der Waals surface area contributed by atoms with E-state index in [9.17, 15) is 4.79 Å². The van der Waals surface area contributed by atoms with Crippen molar-refractivity contribution in [1.82, 2.24) is 0 Å². The van der Waals surface area contributed by atoms with E-state index in [1.54, 1.807) is 0 Å². The highest BCUT2D eigenvalue weighted by molar-refractivity contribution is 7.09. The molecule has 17 heavy (non-hydrogen) atoms. The molecule has 2 nitrogen and oxygen atoms in total. The molecule has 1 fully saturated rings. The largest absolute Gasteiger partial charge is 0.302 e. The lowest BCUT2D eigenvalue weighted by atomic mass is 9.80. The standard InChI is InChI=1S/C14H29NOP/c1-5-7-8-10-14(4)11-9-13(16)12(3)15(14,17)6-2/h12H,5-11,17H2,1-4H3/q+1. The maximum atomic E-state index is 12.0. The highest BCUT2D eigenvalue weighted by Crippen LogP contribution is 2.44. The van der Waals surface area contributed by atoms with Gasteiger partial charge in [-0.2, -0.15) is 0 Å². The summed E-state index contributed by atoms with van der Waals surface area (Å²) in [6, 6.07) is 0.144. The van der Waals surface area contributed by atoms with E-state index >= 15 is 0 Å². The second kappa shape index (κ2) is 5.80. The molecule has 1 rings (SSSR count). The van der Waals surface area contributed by atoms with Gasteiger partial charge in [0.1, 0.15) is 6.04 Å². The molecule has 1 saturated heterocycles. The number of carbonyl (C=O) groups excluding carboxylic acids is 1. The molecule has 0 N–H and O–H groups in total. The van der Waals surface area contributed by atoms with Gasteiger partial charge in [-0.25, -0.2) is 0 Å². The predicted molar refractivity (Wildman–Crippen MR) is 76.8 cm³/mol. The van der Waals surface area contributed by atoms with Gasteiger partial charge in [-0.3, -0.25) is 4.79 Å². The molecule has 0 aromatic carbocycles. The minimum atomic E-state index is 0.144. The fourth-order valence-electron chi connectivity index (χ4n) is 3.28. The second-order valence-electron chi connectivity index (χ2n) is 5.84. The lowest BCUT2D eigenvalue weighted by molar-refractivity contribution is -0.871. The van der Waals surface area contributed by atoms with E-state index in [1.807, 2.05) is 0 Å². The van der Waals surface area contributed by atoms with E-state index in [1.165, 1.54) is 25.7 Å². The van der Waals surface area contributed by atoms with Gasteiger partial charge in [0, 0.05) is 19.3 Å². The Balaban J connectivity index is 2.84. The first kappa shape index (κ1) is 15.1. The van der Waals surface area contributed by atoms with Crippen molar-refractivity contribution in [3.8, 4) is 0 Å². The van der Waals surface area contributed by atoms with Crippen LogP contribution in [0.1, 0.15) is 66.2 Å². The van der Waals surface area contributed by atoms with Crippen molar-refractivity contribution in [2.24, 2.45) is 0 Å². The van der Waals surface area contributed by atoms with Crippen LogP contribution in [0.2, 0.25) is 0 Å². The molecule has 3 heteroatoms. The van der Waals surface area contributed by atoms with Gasteiger partial charge in [0.25, 0.3) is 0 Å². The summed E-state index contributed by atoms with van der Waals surface area (Å²) in [6.45, 7) is 9.97. The van der Waals surface area contributed by atoms with Gasteiger partial charge in [-0.05, 0) is 27.2 Å². The van der Waals surface area contributed by atoms with Crippen molar-refractivity contribution < 1.29 is 9.05 Å². The molecule has 0 radical (unpaired) electrons. The van der Waals surface area contributed by atoms with Crippen LogP contribution in [0.15, 0.2) is 0 Å². The van der Waals surface area contributed by atoms with Crippen LogP contribution in [-0.4, -0.2) is 28.2 Å². The zero-order valence-electron chi connectivity index (χ0n) is 12.0. The summed E-state index contributed by atoms with van der Waals surface area (Å²) >= 11 is 0. The number of Topliss-reactive ketones (excluding diaryl/α,β-unsaturated/α-hetero) is 1. The molecule has 1 aliphatic heterocycles. The Morgan fingerprint density at radius 3 is 2.59 bits per heavy atom. The van der Waals surface area contributed by atoms with Crippen LogP contribution >= 0.6 is 9.39 Å². The molecule has 0 bridgehead atoms. The average molecular weight is 258 g/mol. The number of quaternary nitrogens is 1. The topological polar surface area (TPSA) is 17.1 Å². The molecule has 0 amide bonds. The van der Waals surface area contributed by atoms with Gasteiger partial charge in [0.05, 0.1) is 21.5 Å². The summed E-state index contributed by atoms with van der Waals surface area (Å²) in [5.41, 5.74) is 0.266. The van der Waals surface area contributed by atoms with Gasteiger partial charge in [0.15, 0.2) is 5.78 Å². The maximum Gasteiger partial charge on any atom is 0.189 e. The molecule has 1 heterocycles. The Labute approximate surface area is 109 Å². The van der Waals surface area contributed by atoms with Gasteiger partial charge in [-0.1, -0.05) is 19.8 Å². The molecule has 0 aromatic rings. The molecule has 100 valence electrons. The lowest BCUT2D eigenvalue weighted by Crippen LogP contribution is -2.65. The van der Waals surface area contributed by atoms with E-state index in [-0.39, 0.29) is 11.6 Å². The summed E-state index contributed by atoms with van der Waals surface area (Å²) in [7, 11) is 3.00. The molecule has 1 aliphatic rings. The zero-order chi connectivity index (χ0) is 13.1. The first-order valence-corrected chi connectivity index (χ1v) is 7.62. The smallest absolute Gasteiger partial charge is 0.189 e. The number of unbranched alkanes of at least 4 members (excludes halogenated alkanes) is 2. The van der Waals surface area contributed by atoms with Crippen molar-refractivity contribution in [2.75, 3.05) is 6.54 Å². The SMILES string of the molecule is CCCCCC1(C)CCC(=O)C(C)[N+]1(P)CC. The van der Waals surface area contributed by atoms with E-state index in [2.05, 4.69) is 37.1 Å². The fraction of sp³-hybridized carbons (Fsp3) is 0.929. The summed E-state index contributed by atoms with van der Waals surface area (Å²) < 4.78 is 0.857. The number of piperidine rings is 1. The normalized spacial score (nSPS) is 38.4. The predicted octanol–water partition coefficient (Wildman–Crippen LogP) is 3.70. The third-order valence-electron chi connectivity index (χ3n) is 4.91. The van der Waals surface area contributed by atoms with Crippen LogP contribution in [0.4, 0.5) is 0 Å². The van der Waals surface area contributed by atoms with Gasteiger partial charge in [-0.15, -0.1) is 0 Å². The average Bonchev–Trinajstić information content (AvgIpc) is 2.32. The molecule has 4 unspecified atom stereocenters. The van der Waals surface area contributed by atoms with E-state index in [0.29, 0.717) is 5.78 Å². The highest BCUT2D eigenvalue weighted by Gasteiger charge is 2.51. The first-order chi connectivity index (χ1) is 7.91. The lowest BCUT2D eigenvalue weighted by Gasteiger charge is -2.54. The van der Waals surface area contributed by atoms with Gasteiger partial charge < -0.3 is 4.25 Å². The number of carbonyl (C=O) groups is 1. The molecule has 0 aromatic heterocycles. The van der Waals surface area contributed by atoms with Crippen LogP contribution < -0.4 is 0 Å². The first-order valence-electron chi connectivity index (χ1n) is 7.10. The van der Waals surface area contributed by atoms with E-state index in [4.69, 9.17) is 0 Å². The van der Waals surface area contributed by atoms with E-state index < -0.39 is 0 Å². The zero-order valence-corrected chi connectivity index (χ0v) is 13.1. The fourth-order valence-corrected chi connectivity index (χ4v) is 3.70. The number of likely N-dealkylation sites (tertiary alicyclic amines) is 1. The number of ketones is 1. The maximum absolute atomic E-state index is 12.0. The van der Waals surface area contributed by atoms with Crippen molar-refractivity contribution in [2.45, 2.75) is 77.8 Å². The van der Waals surface area contributed by atoms with Crippen molar-refractivity contribution in [3.63, 3.8) is 0 Å². The van der Waals surface area contributed by atoms with Crippen molar-refractivity contribution in [1.29, 1.82) is 0 Å². The van der Waals surface area contributed by atoms with E-state index in [0.717, 1.165) is 23.6 Å². The highest BCUT2D eigenvalue weighted by atomic mass is 31.0. The van der Waals surface area contributed by atoms with Crippen LogP contribution in [0.3, 0.4) is 0 Å². The number of nitrogens with zero attached hydrogens (tertiary/aromatic N) is 1. The Hall–Kier alpha value is 0.0600. The summed E-state index contributed by atoms with van der Waals surface area (Å²) in [4.78, 5) is 12.0. The van der Waals surface area contributed by atoms with Crippen LogP contribution in [0.25, 0.3) is 0 Å². The quantitative estimate of drug-likeness (QED) is 0.543. The Bertz CT molecular complexity index is 281. The van der Waals surface area contributed by atoms with Crippen LogP contribution in [0.5, 0.6) is 0 Å². The van der Waals surface area contributed by atoms with Gasteiger partial charge in [0.2, 0.25) is 0 Å². The molecular formula is C14H29NOP+. The summed E-state index contributed by atoms with van der Waals surface area (Å²) in [5.74, 6) is 0.440. The Morgan fingerprint density at radius 2 is 2.06 bits per heavy atom. The monoisotopic (exact) mass is 258 g/mol. The Kier molecular flexibility index (Phi) is 5.16. The molecule has 0 saturated carbocycles. The molecular weight excluding hydrogens is 229 g/mol. The number of rotatable bonds is 5. The van der Waals surface area contributed by atoms with Gasteiger partial charge >= 0.3 is 0 Å². The number of likely N-dealkylation sites (N-methyl/N-ethyl adjacent to an activating group) is 1. The summed E-state index contributed by atoms with van der Waals surface area (Å²) in [5, 5.41) is 0. The minimum absolute atomic E-state index is 0.144. The van der Waals surface area contributed by atoms with Crippen LogP contribution in [0, 0.1) is 0 Å². The number of hydrogen-bond acceptors (Lipinski definition) is 1. The number of hydrogen-bond donors (Lipinski definition) is 0. The van der Waals surface area contributed by atoms with Crippen molar-refractivity contribution in [3.05, 3.63) is 0 Å². The molecule has 4 atom stereocenters. The third-order valence-corrected chi connectivity index (χ3v) is 6.35. The van der Waals surface area contributed by atoms with Crippen molar-refractivity contribution >= 4 is 15.2 Å². The minimum Gasteiger partial charge on any atom is -0.302 e. The van der Waals surface area contributed by atoms with Crippen LogP contribution in [-0.2, 0) is 4.79 Å². The third kappa shape index (κ3) is 2.74. The molecule has 0 spiro atoms. The Morgan fingerprint density at radius 1 is 1.41 bits per heavy atom. The second-order valence-corrected chi connectivity index (χ2v) is 6.76. The summed E-state index contributed by atoms with van der Waals surface area (Å²) in [6.07, 6.45) is 6.95.